The van der Waals surface area contributed by atoms with E-state index >= 15 is 0 Å². The van der Waals surface area contributed by atoms with Gasteiger partial charge < -0.3 is 5.32 Å². The fourth-order valence-corrected chi connectivity index (χ4v) is 3.22. The number of benzene rings is 1. The minimum atomic E-state index is -0.554. The average Bonchev–Trinajstić information content (AvgIpc) is 3.39. The molecule has 1 saturated carbocycles. The number of nitrogens with one attached hydrogen (secondary N) is 2. The molecular weight excluding hydrogens is 336 g/mol. The number of rotatable bonds is 7. The van der Waals surface area contributed by atoms with Gasteiger partial charge in [0, 0.05) is 11.5 Å². The minimum absolute atomic E-state index is 0.0253. The summed E-state index contributed by atoms with van der Waals surface area (Å²) < 4.78 is 0. The van der Waals surface area contributed by atoms with Gasteiger partial charge in [-0.1, -0.05) is 61.9 Å². The van der Waals surface area contributed by atoms with E-state index in [1.807, 2.05) is 44.2 Å². The molecule has 132 valence electrons. The number of hydrogen-bond acceptors (Lipinski definition) is 5. The second-order valence-corrected chi connectivity index (χ2v) is 7.39. The van der Waals surface area contributed by atoms with Gasteiger partial charge in [-0.25, -0.2) is 0 Å². The zero-order valence-electron chi connectivity index (χ0n) is 14.4. The van der Waals surface area contributed by atoms with Crippen molar-refractivity contribution in [1.29, 1.82) is 0 Å². The lowest BCUT2D eigenvalue weighted by Crippen LogP contribution is -2.48. The Morgan fingerprint density at radius 3 is 2.60 bits per heavy atom. The summed E-state index contributed by atoms with van der Waals surface area (Å²) in [6.07, 6.45) is 2.63. The monoisotopic (exact) mass is 358 g/mol. The number of anilines is 1. The summed E-state index contributed by atoms with van der Waals surface area (Å²) in [6.45, 7) is 3.97. The lowest BCUT2D eigenvalue weighted by Gasteiger charge is -2.22. The molecule has 0 aliphatic heterocycles. The first kappa shape index (κ1) is 17.5. The van der Waals surface area contributed by atoms with E-state index in [1.165, 1.54) is 11.3 Å². The summed E-state index contributed by atoms with van der Waals surface area (Å²) >= 11 is 1.32. The Morgan fingerprint density at radius 1 is 1.24 bits per heavy atom. The summed E-state index contributed by atoms with van der Waals surface area (Å²) in [5, 5.41) is 15.1. The topological polar surface area (TPSA) is 84.0 Å². The van der Waals surface area contributed by atoms with Gasteiger partial charge >= 0.3 is 0 Å². The van der Waals surface area contributed by atoms with E-state index in [0.29, 0.717) is 5.13 Å². The van der Waals surface area contributed by atoms with Crippen LogP contribution in [-0.2, 0) is 9.59 Å². The number of carbonyl (C=O) groups is 2. The van der Waals surface area contributed by atoms with Gasteiger partial charge in [0.05, 0.1) is 0 Å². The van der Waals surface area contributed by atoms with E-state index in [-0.39, 0.29) is 23.7 Å². The van der Waals surface area contributed by atoms with Gasteiger partial charge in [0.2, 0.25) is 16.9 Å². The third kappa shape index (κ3) is 4.42. The molecule has 0 bridgehead atoms. The molecule has 0 saturated heterocycles. The van der Waals surface area contributed by atoms with Crippen molar-refractivity contribution < 1.29 is 9.59 Å². The van der Waals surface area contributed by atoms with Gasteiger partial charge in [-0.15, -0.1) is 10.2 Å². The van der Waals surface area contributed by atoms with Crippen LogP contribution in [0.3, 0.4) is 0 Å². The van der Waals surface area contributed by atoms with Crippen LogP contribution in [0.2, 0.25) is 0 Å². The van der Waals surface area contributed by atoms with Crippen LogP contribution in [0.1, 0.15) is 33.1 Å². The second-order valence-electron chi connectivity index (χ2n) is 6.41. The maximum absolute atomic E-state index is 12.7. The molecule has 6 nitrogen and oxygen atoms in total. The Hall–Kier alpha value is -2.28. The van der Waals surface area contributed by atoms with Crippen LogP contribution in [0, 0.1) is 11.8 Å². The summed E-state index contributed by atoms with van der Waals surface area (Å²) in [5.41, 5.74) is 0.959. The molecule has 1 aliphatic rings. The van der Waals surface area contributed by atoms with Gasteiger partial charge in [0.25, 0.3) is 0 Å². The molecule has 0 unspecified atom stereocenters. The summed E-state index contributed by atoms with van der Waals surface area (Å²) in [4.78, 5) is 24.7. The molecule has 2 atom stereocenters. The largest absolute Gasteiger partial charge is 0.344 e. The first-order valence-electron chi connectivity index (χ1n) is 8.58. The molecule has 2 amide bonds. The molecule has 2 aromatic rings. The van der Waals surface area contributed by atoms with Crippen LogP contribution in [-0.4, -0.2) is 28.1 Å². The summed E-state index contributed by atoms with van der Waals surface area (Å²) in [5.74, 6) is -0.142. The lowest BCUT2D eigenvalue weighted by molar-refractivity contribution is -0.128. The highest BCUT2D eigenvalue weighted by Gasteiger charge is 2.34. The zero-order chi connectivity index (χ0) is 17.8. The first-order valence-corrected chi connectivity index (χ1v) is 9.40. The van der Waals surface area contributed by atoms with E-state index in [0.717, 1.165) is 29.8 Å². The number of nitrogens with zero attached hydrogens (tertiary/aromatic N) is 2. The van der Waals surface area contributed by atoms with E-state index in [9.17, 15) is 9.59 Å². The standard InChI is InChI=1S/C18H22N4O2S/c1-3-11(2)14(19-15(23)12-9-10-12)16(24)20-18-22-21-17(25-18)13-7-5-4-6-8-13/h4-8,11-12,14H,3,9-10H2,1-2H3,(H,19,23)(H,20,22,24)/t11-,14-/m0/s1. The van der Waals surface area contributed by atoms with Crippen LogP contribution in [0.15, 0.2) is 30.3 Å². The van der Waals surface area contributed by atoms with Gasteiger partial charge in [-0.05, 0) is 18.8 Å². The molecule has 1 fully saturated rings. The van der Waals surface area contributed by atoms with Crippen molar-refractivity contribution >= 4 is 28.3 Å². The van der Waals surface area contributed by atoms with E-state index in [1.54, 1.807) is 0 Å². The first-order chi connectivity index (χ1) is 12.1. The van der Waals surface area contributed by atoms with Gasteiger partial charge in [-0.2, -0.15) is 0 Å². The number of carbonyl (C=O) groups excluding carboxylic acids is 2. The van der Waals surface area contributed by atoms with Crippen molar-refractivity contribution in [3.05, 3.63) is 30.3 Å². The number of hydrogen-bond donors (Lipinski definition) is 2. The summed E-state index contributed by atoms with van der Waals surface area (Å²) in [7, 11) is 0. The van der Waals surface area contributed by atoms with Crippen molar-refractivity contribution in [2.24, 2.45) is 11.8 Å². The third-order valence-electron chi connectivity index (χ3n) is 4.42. The van der Waals surface area contributed by atoms with Crippen LogP contribution >= 0.6 is 11.3 Å². The molecule has 1 aliphatic carbocycles. The molecule has 1 heterocycles. The molecule has 0 radical (unpaired) electrons. The van der Waals surface area contributed by atoms with Gasteiger partial charge in [0.15, 0.2) is 0 Å². The predicted octanol–water partition coefficient (Wildman–Crippen LogP) is 3.08. The maximum atomic E-state index is 12.7. The number of amides is 2. The van der Waals surface area contributed by atoms with Crippen LogP contribution in [0.25, 0.3) is 10.6 Å². The molecular formula is C18H22N4O2S. The Labute approximate surface area is 151 Å². The van der Waals surface area contributed by atoms with Gasteiger partial charge in [0.1, 0.15) is 11.0 Å². The Morgan fingerprint density at radius 2 is 1.96 bits per heavy atom. The summed E-state index contributed by atoms with van der Waals surface area (Å²) in [6, 6.07) is 9.14. The third-order valence-corrected chi connectivity index (χ3v) is 5.30. The van der Waals surface area contributed by atoms with Crippen molar-refractivity contribution in [3.63, 3.8) is 0 Å². The maximum Gasteiger partial charge on any atom is 0.249 e. The van der Waals surface area contributed by atoms with Crippen molar-refractivity contribution in [1.82, 2.24) is 15.5 Å². The van der Waals surface area contributed by atoms with Crippen molar-refractivity contribution in [2.45, 2.75) is 39.2 Å². The SMILES string of the molecule is CC[C@H](C)[C@H](NC(=O)C1CC1)C(=O)Nc1nnc(-c2ccccc2)s1. The zero-order valence-corrected chi connectivity index (χ0v) is 15.2. The molecule has 25 heavy (non-hydrogen) atoms. The fourth-order valence-electron chi connectivity index (χ4n) is 2.47. The Balaban J connectivity index is 1.68. The molecule has 1 aromatic carbocycles. The lowest BCUT2D eigenvalue weighted by atomic mass is 9.98. The minimum Gasteiger partial charge on any atom is -0.344 e. The van der Waals surface area contributed by atoms with Crippen molar-refractivity contribution in [2.75, 3.05) is 5.32 Å². The van der Waals surface area contributed by atoms with Crippen LogP contribution in [0.4, 0.5) is 5.13 Å². The van der Waals surface area contributed by atoms with E-state index in [4.69, 9.17) is 0 Å². The predicted molar refractivity (Wildman–Crippen MR) is 98.1 cm³/mol. The second kappa shape index (κ2) is 7.74. The fraction of sp³-hybridized carbons (Fsp3) is 0.444. The number of aromatic nitrogens is 2. The molecule has 0 spiro atoms. The Kier molecular flexibility index (Phi) is 5.43. The van der Waals surface area contributed by atoms with Gasteiger partial charge in [-0.3, -0.25) is 14.9 Å². The highest BCUT2D eigenvalue weighted by molar-refractivity contribution is 7.18. The highest BCUT2D eigenvalue weighted by Crippen LogP contribution is 2.30. The smallest absolute Gasteiger partial charge is 0.249 e. The van der Waals surface area contributed by atoms with E-state index < -0.39 is 6.04 Å². The Bertz CT molecular complexity index is 743. The quantitative estimate of drug-likeness (QED) is 0.797. The molecule has 7 heteroatoms. The van der Waals surface area contributed by atoms with E-state index in [2.05, 4.69) is 20.8 Å². The average molecular weight is 358 g/mol. The normalized spacial score (nSPS) is 16.1. The van der Waals surface area contributed by atoms with Crippen molar-refractivity contribution in [3.8, 4) is 10.6 Å². The molecule has 2 N–H and O–H groups in total. The highest BCUT2D eigenvalue weighted by atomic mass is 32.1. The van der Waals surface area contributed by atoms with Crippen LogP contribution in [0.5, 0.6) is 0 Å². The molecule has 3 rings (SSSR count). The van der Waals surface area contributed by atoms with Crippen LogP contribution < -0.4 is 10.6 Å². The molecule has 1 aromatic heterocycles.